The maximum atomic E-state index is 13.9. The smallest absolute Gasteiger partial charge is 0.264 e. The molecule has 46 heavy (non-hydrogen) atoms. The number of hydrogen-bond donors (Lipinski definition) is 0. The topological polar surface area (TPSA) is 62.3 Å². The summed E-state index contributed by atoms with van der Waals surface area (Å²) in [5, 5.41) is 0. The van der Waals surface area contributed by atoms with Gasteiger partial charge in [-0.3, -0.25) is 14.5 Å². The first kappa shape index (κ1) is 32.8. The number of carbonyl (C=O) groups excluding carboxylic acids is 2. The molecule has 240 valence electrons. The van der Waals surface area contributed by atoms with Crippen molar-refractivity contribution < 1.29 is 19.1 Å². The lowest BCUT2D eigenvalue weighted by molar-refractivity contribution is -0.131. The van der Waals surface area contributed by atoms with Crippen molar-refractivity contribution in [2.75, 3.05) is 44.3 Å². The van der Waals surface area contributed by atoms with Gasteiger partial charge in [0.25, 0.3) is 5.91 Å². The van der Waals surface area contributed by atoms with Crippen molar-refractivity contribution in [3.05, 3.63) is 125 Å². The fourth-order valence-electron chi connectivity index (χ4n) is 6.04. The molecule has 0 aromatic heterocycles. The van der Waals surface area contributed by atoms with Crippen LogP contribution < -0.4 is 14.4 Å². The predicted molar refractivity (Wildman–Crippen MR) is 183 cm³/mol. The van der Waals surface area contributed by atoms with Gasteiger partial charge in [-0.1, -0.05) is 78.9 Å². The lowest BCUT2D eigenvalue weighted by Crippen LogP contribution is -2.41. The molecule has 0 unspecified atom stereocenters. The molecule has 7 nitrogen and oxygen atoms in total. The van der Waals surface area contributed by atoms with Crippen molar-refractivity contribution in [3.8, 4) is 11.5 Å². The highest BCUT2D eigenvalue weighted by Gasteiger charge is 2.25. The van der Waals surface area contributed by atoms with Crippen molar-refractivity contribution in [1.29, 1.82) is 0 Å². The number of ether oxygens (including phenoxy) is 2. The quantitative estimate of drug-likeness (QED) is 0.209. The number of benzene rings is 4. The van der Waals surface area contributed by atoms with Crippen molar-refractivity contribution in [2.24, 2.45) is 0 Å². The number of fused-ring (bicyclic) bond motifs is 1. The van der Waals surface area contributed by atoms with Gasteiger partial charge in [-0.2, -0.15) is 0 Å². The summed E-state index contributed by atoms with van der Waals surface area (Å²) in [6.45, 7) is 8.65. The molecule has 1 heterocycles. The van der Waals surface area contributed by atoms with Crippen LogP contribution in [0.2, 0.25) is 0 Å². The molecule has 4 aromatic rings. The number of para-hydroxylation sites is 2. The molecular formula is C39H45N3O4. The first-order valence-corrected chi connectivity index (χ1v) is 16.3. The summed E-state index contributed by atoms with van der Waals surface area (Å²) in [7, 11) is 0. The molecular weight excluding hydrogens is 574 g/mol. The Morgan fingerprint density at radius 2 is 1.35 bits per heavy atom. The molecule has 1 aliphatic rings. The van der Waals surface area contributed by atoms with Gasteiger partial charge in [0.2, 0.25) is 5.91 Å². The molecule has 0 radical (unpaired) electrons. The summed E-state index contributed by atoms with van der Waals surface area (Å²) in [5.74, 6) is 1.43. The Kier molecular flexibility index (Phi) is 11.8. The third-order valence-electron chi connectivity index (χ3n) is 8.31. The van der Waals surface area contributed by atoms with Crippen molar-refractivity contribution in [3.63, 3.8) is 0 Å². The first-order valence-electron chi connectivity index (χ1n) is 16.3. The van der Waals surface area contributed by atoms with E-state index in [9.17, 15) is 9.59 Å². The van der Waals surface area contributed by atoms with Crippen LogP contribution in [0.3, 0.4) is 0 Å². The van der Waals surface area contributed by atoms with E-state index in [0.717, 1.165) is 60.6 Å². The van der Waals surface area contributed by atoms with Crippen LogP contribution in [0.15, 0.2) is 103 Å². The zero-order chi connectivity index (χ0) is 32.1. The molecule has 0 spiro atoms. The maximum absolute atomic E-state index is 13.9. The lowest BCUT2D eigenvalue weighted by atomic mass is 10.0. The van der Waals surface area contributed by atoms with Gasteiger partial charge in [-0.05, 0) is 73.2 Å². The second-order valence-corrected chi connectivity index (χ2v) is 11.8. The Balaban J connectivity index is 1.42. The van der Waals surface area contributed by atoms with E-state index in [4.69, 9.17) is 9.47 Å². The van der Waals surface area contributed by atoms with E-state index < -0.39 is 0 Å². The van der Waals surface area contributed by atoms with E-state index in [1.54, 1.807) is 0 Å². The second kappa shape index (κ2) is 16.6. The van der Waals surface area contributed by atoms with E-state index in [1.807, 2.05) is 103 Å². The van der Waals surface area contributed by atoms with Gasteiger partial charge in [-0.15, -0.1) is 0 Å². The first-order chi connectivity index (χ1) is 22.5. The third-order valence-corrected chi connectivity index (χ3v) is 8.31. The van der Waals surface area contributed by atoms with Crippen molar-refractivity contribution in [2.45, 2.75) is 46.2 Å². The zero-order valence-electron chi connectivity index (χ0n) is 27.1. The molecule has 5 rings (SSSR count). The summed E-state index contributed by atoms with van der Waals surface area (Å²) < 4.78 is 11.5. The number of nitrogens with zero attached hydrogens (tertiary/aromatic N) is 3. The Morgan fingerprint density at radius 1 is 0.674 bits per heavy atom. The summed E-state index contributed by atoms with van der Waals surface area (Å²) in [4.78, 5) is 34.1. The molecule has 0 atom stereocenters. The van der Waals surface area contributed by atoms with Crippen LogP contribution in [-0.2, 0) is 29.1 Å². The van der Waals surface area contributed by atoms with Gasteiger partial charge in [0.1, 0.15) is 11.5 Å². The van der Waals surface area contributed by atoms with E-state index in [-0.39, 0.29) is 18.4 Å². The van der Waals surface area contributed by atoms with E-state index in [1.165, 1.54) is 5.56 Å². The Morgan fingerprint density at radius 3 is 2.07 bits per heavy atom. The molecule has 0 aliphatic carbocycles. The highest BCUT2D eigenvalue weighted by molar-refractivity contribution is 5.96. The Bertz CT molecular complexity index is 1540. The molecule has 7 heteroatoms. The number of anilines is 1. The van der Waals surface area contributed by atoms with Gasteiger partial charge < -0.3 is 19.3 Å². The summed E-state index contributed by atoms with van der Waals surface area (Å²) >= 11 is 0. The largest absolute Gasteiger partial charge is 0.494 e. The number of amides is 2. The van der Waals surface area contributed by atoms with Gasteiger partial charge in [0.15, 0.2) is 6.61 Å². The summed E-state index contributed by atoms with van der Waals surface area (Å²) in [6, 6.07) is 33.8. The average molecular weight is 620 g/mol. The Hall–Kier alpha value is -4.62. The van der Waals surface area contributed by atoms with Crippen LogP contribution in [-0.4, -0.2) is 61.0 Å². The number of carbonyl (C=O) groups is 2. The van der Waals surface area contributed by atoms with Crippen LogP contribution in [0.25, 0.3) is 0 Å². The van der Waals surface area contributed by atoms with Crippen LogP contribution in [0.1, 0.15) is 42.0 Å². The van der Waals surface area contributed by atoms with E-state index in [0.29, 0.717) is 38.4 Å². The molecule has 0 saturated carbocycles. The maximum Gasteiger partial charge on any atom is 0.264 e. The number of hydrogen-bond acceptors (Lipinski definition) is 5. The second-order valence-electron chi connectivity index (χ2n) is 11.8. The zero-order valence-corrected chi connectivity index (χ0v) is 27.1. The molecule has 0 N–H and O–H groups in total. The monoisotopic (exact) mass is 619 g/mol. The molecule has 0 saturated heterocycles. The van der Waals surface area contributed by atoms with Gasteiger partial charge >= 0.3 is 0 Å². The molecule has 0 fully saturated rings. The van der Waals surface area contributed by atoms with Gasteiger partial charge in [0.05, 0.1) is 18.7 Å². The standard InChI is InChI=1S/C39H45N3O4/c1-3-45-36-21-19-32(20-22-36)27-37(43)41-25-11-23-40(28-33-14-6-4-7-15-33)24-12-26-42(39-31(2)13-10-16-34(39)29-41)38(44)30-46-35-17-8-5-9-18-35/h4-10,13-22H,3,11-12,23-30H2,1-2H3. The van der Waals surface area contributed by atoms with Crippen LogP contribution >= 0.6 is 0 Å². The van der Waals surface area contributed by atoms with Gasteiger partial charge in [0, 0.05) is 39.3 Å². The van der Waals surface area contributed by atoms with Crippen LogP contribution in [0, 0.1) is 6.92 Å². The fraction of sp³-hybridized carbons (Fsp3) is 0.333. The lowest BCUT2D eigenvalue weighted by Gasteiger charge is -2.32. The Labute approximate surface area is 273 Å². The predicted octanol–water partition coefficient (Wildman–Crippen LogP) is 6.67. The van der Waals surface area contributed by atoms with Crippen molar-refractivity contribution >= 4 is 17.5 Å². The minimum Gasteiger partial charge on any atom is -0.494 e. The molecule has 0 bridgehead atoms. The highest BCUT2D eigenvalue weighted by Crippen LogP contribution is 2.28. The highest BCUT2D eigenvalue weighted by atomic mass is 16.5. The molecule has 4 aromatic carbocycles. The SMILES string of the molecule is CCOc1ccc(CC(=O)N2CCCN(Cc3ccccc3)CCCN(C(=O)COc3ccccc3)c3c(C)cccc3C2)cc1. The van der Waals surface area contributed by atoms with E-state index >= 15 is 0 Å². The minimum absolute atomic E-state index is 0.0635. The normalized spacial score (nSPS) is 14.5. The molecule has 1 aliphatic heterocycles. The van der Waals surface area contributed by atoms with Crippen molar-refractivity contribution in [1.82, 2.24) is 9.80 Å². The number of aryl methyl sites for hydroxylation is 1. The summed E-state index contributed by atoms with van der Waals surface area (Å²) in [5.41, 5.74) is 5.05. The minimum atomic E-state index is -0.0988. The molecule has 2 amide bonds. The fourth-order valence-corrected chi connectivity index (χ4v) is 6.04. The van der Waals surface area contributed by atoms with Gasteiger partial charge in [-0.25, -0.2) is 0 Å². The average Bonchev–Trinajstić information content (AvgIpc) is 3.07. The number of rotatable bonds is 9. The third kappa shape index (κ3) is 9.21. The van der Waals surface area contributed by atoms with Crippen LogP contribution in [0.4, 0.5) is 5.69 Å². The van der Waals surface area contributed by atoms with Crippen LogP contribution in [0.5, 0.6) is 11.5 Å². The summed E-state index contributed by atoms with van der Waals surface area (Å²) in [6.07, 6.45) is 1.98. The van der Waals surface area contributed by atoms with E-state index in [2.05, 4.69) is 29.2 Å².